The van der Waals surface area contributed by atoms with E-state index < -0.39 is 11.7 Å². The van der Waals surface area contributed by atoms with E-state index in [-0.39, 0.29) is 11.4 Å². The third kappa shape index (κ3) is 8.57. The topological polar surface area (TPSA) is 35.5 Å². The number of esters is 1. The molecule has 0 amide bonds. The fraction of sp³-hybridized carbons (Fsp3) is 0.955. The number of hydrogen-bond donors (Lipinski definition) is 0. The molecule has 0 bridgehead atoms. The van der Waals surface area contributed by atoms with Crippen LogP contribution in [0.15, 0.2) is 0 Å². The summed E-state index contributed by atoms with van der Waals surface area (Å²) in [6.07, 6.45) is 10.9. The summed E-state index contributed by atoms with van der Waals surface area (Å²) in [5.74, 6) is 0.699. The van der Waals surface area contributed by atoms with Gasteiger partial charge in [0.1, 0.15) is 0 Å². The van der Waals surface area contributed by atoms with Gasteiger partial charge in [-0.05, 0) is 37.5 Å². The van der Waals surface area contributed by atoms with E-state index in [2.05, 4.69) is 34.6 Å². The van der Waals surface area contributed by atoms with Crippen LogP contribution in [0, 0.1) is 16.7 Å². The maximum absolute atomic E-state index is 12.7. The van der Waals surface area contributed by atoms with Crippen LogP contribution in [0.5, 0.6) is 0 Å². The van der Waals surface area contributed by atoms with E-state index in [0.29, 0.717) is 6.61 Å². The minimum atomic E-state index is -0.418. The van der Waals surface area contributed by atoms with Crippen molar-refractivity contribution in [3.05, 3.63) is 0 Å². The van der Waals surface area contributed by atoms with Crippen molar-refractivity contribution < 1.29 is 14.3 Å². The number of hydrogen-bond acceptors (Lipinski definition) is 3. The van der Waals surface area contributed by atoms with Gasteiger partial charge in [0.2, 0.25) is 6.29 Å². The Morgan fingerprint density at radius 1 is 1.08 bits per heavy atom. The van der Waals surface area contributed by atoms with Crippen LogP contribution in [0.2, 0.25) is 0 Å². The fourth-order valence-corrected chi connectivity index (χ4v) is 3.71. The van der Waals surface area contributed by atoms with Gasteiger partial charge in [-0.15, -0.1) is 0 Å². The van der Waals surface area contributed by atoms with Crippen molar-refractivity contribution >= 4 is 5.97 Å². The second-order valence-corrected chi connectivity index (χ2v) is 9.43. The summed E-state index contributed by atoms with van der Waals surface area (Å²) in [6, 6.07) is 0. The molecule has 0 N–H and O–H groups in total. The summed E-state index contributed by atoms with van der Waals surface area (Å²) in [5.41, 5.74) is -0.319. The van der Waals surface area contributed by atoms with Gasteiger partial charge in [0.25, 0.3) is 0 Å². The second-order valence-electron chi connectivity index (χ2n) is 9.43. The highest BCUT2D eigenvalue weighted by Crippen LogP contribution is 2.32. The molecule has 148 valence electrons. The molecule has 2 unspecified atom stereocenters. The first-order chi connectivity index (χ1) is 11.7. The first kappa shape index (κ1) is 22.5. The Kier molecular flexibility index (Phi) is 9.48. The lowest BCUT2D eigenvalue weighted by Gasteiger charge is -2.31. The first-order valence-corrected chi connectivity index (χ1v) is 10.5. The molecule has 2 atom stereocenters. The van der Waals surface area contributed by atoms with Gasteiger partial charge in [0, 0.05) is 6.42 Å². The van der Waals surface area contributed by atoms with E-state index in [9.17, 15) is 4.79 Å². The molecule has 0 aromatic rings. The molecule has 0 aromatic carbocycles. The molecule has 0 radical (unpaired) electrons. The average Bonchev–Trinajstić information content (AvgIpc) is 2.54. The Morgan fingerprint density at radius 2 is 1.72 bits per heavy atom. The van der Waals surface area contributed by atoms with Crippen LogP contribution in [-0.4, -0.2) is 18.9 Å². The number of ether oxygens (including phenoxy) is 2. The van der Waals surface area contributed by atoms with E-state index in [0.717, 1.165) is 38.0 Å². The van der Waals surface area contributed by atoms with Gasteiger partial charge in [0.15, 0.2) is 0 Å². The minimum absolute atomic E-state index is 0.0726. The van der Waals surface area contributed by atoms with Crippen molar-refractivity contribution in [2.24, 2.45) is 16.7 Å². The summed E-state index contributed by atoms with van der Waals surface area (Å²) in [5, 5.41) is 0. The number of carbonyl (C=O) groups is 1. The van der Waals surface area contributed by atoms with Gasteiger partial charge in [-0.25, -0.2) is 0 Å². The summed E-state index contributed by atoms with van der Waals surface area (Å²) in [7, 11) is 0. The fourth-order valence-electron chi connectivity index (χ4n) is 3.71. The van der Waals surface area contributed by atoms with Crippen LogP contribution in [-0.2, 0) is 14.3 Å². The summed E-state index contributed by atoms with van der Waals surface area (Å²) >= 11 is 0. The third-order valence-corrected chi connectivity index (χ3v) is 5.65. The maximum atomic E-state index is 12.7. The molecule has 1 rings (SSSR count). The van der Waals surface area contributed by atoms with E-state index in [1.54, 1.807) is 0 Å². The molecule has 0 spiro atoms. The van der Waals surface area contributed by atoms with Crippen LogP contribution in [0.1, 0.15) is 106 Å². The Labute approximate surface area is 156 Å². The predicted molar refractivity (Wildman–Crippen MR) is 104 cm³/mol. The second kappa shape index (κ2) is 10.5. The Balaban J connectivity index is 2.57. The van der Waals surface area contributed by atoms with Gasteiger partial charge in [0.05, 0.1) is 12.0 Å². The normalized spacial score (nSPS) is 20.1. The highest BCUT2D eigenvalue weighted by Gasteiger charge is 2.35. The van der Waals surface area contributed by atoms with Crippen LogP contribution in [0.4, 0.5) is 0 Å². The van der Waals surface area contributed by atoms with E-state index in [1.165, 1.54) is 32.1 Å². The van der Waals surface area contributed by atoms with Crippen LogP contribution >= 0.6 is 0 Å². The van der Waals surface area contributed by atoms with Crippen molar-refractivity contribution in [1.29, 1.82) is 0 Å². The van der Waals surface area contributed by atoms with Crippen molar-refractivity contribution in [2.75, 3.05) is 6.61 Å². The standard InChI is InChI=1S/C22H42O3/c1-7-15-22(6,8-2)20(23)25-19(17-21(3,4)5)24-16-14-18-12-10-9-11-13-18/h18-19H,7-17H2,1-6H3. The van der Waals surface area contributed by atoms with E-state index in [4.69, 9.17) is 9.47 Å². The zero-order valence-corrected chi connectivity index (χ0v) is 17.7. The highest BCUT2D eigenvalue weighted by atomic mass is 16.7. The smallest absolute Gasteiger partial charge is 0.314 e. The molecule has 3 nitrogen and oxygen atoms in total. The lowest BCUT2D eigenvalue weighted by atomic mass is 9.83. The SMILES string of the molecule is CCCC(C)(CC)C(=O)OC(CC(C)(C)C)OCCC1CCCCC1. The summed E-state index contributed by atoms with van der Waals surface area (Å²) < 4.78 is 11.9. The van der Waals surface area contributed by atoms with Crippen LogP contribution in [0.25, 0.3) is 0 Å². The maximum Gasteiger partial charge on any atom is 0.314 e. The zero-order valence-electron chi connectivity index (χ0n) is 17.7. The van der Waals surface area contributed by atoms with Crippen LogP contribution < -0.4 is 0 Å². The van der Waals surface area contributed by atoms with Crippen LogP contribution in [0.3, 0.4) is 0 Å². The molecule has 0 heterocycles. The molecular formula is C22H42O3. The number of rotatable bonds is 10. The quantitative estimate of drug-likeness (QED) is 0.332. The minimum Gasteiger partial charge on any atom is -0.435 e. The van der Waals surface area contributed by atoms with Gasteiger partial charge in [-0.3, -0.25) is 4.79 Å². The molecule has 1 fully saturated rings. The lowest BCUT2D eigenvalue weighted by Crippen LogP contribution is -2.35. The first-order valence-electron chi connectivity index (χ1n) is 10.5. The average molecular weight is 355 g/mol. The Bertz CT molecular complexity index is 379. The third-order valence-electron chi connectivity index (χ3n) is 5.65. The van der Waals surface area contributed by atoms with E-state index >= 15 is 0 Å². The summed E-state index contributed by atoms with van der Waals surface area (Å²) in [6.45, 7) is 13.4. The monoisotopic (exact) mass is 354 g/mol. The van der Waals surface area contributed by atoms with Crippen molar-refractivity contribution in [3.8, 4) is 0 Å². The zero-order chi connectivity index (χ0) is 18.9. The van der Waals surface area contributed by atoms with Crippen molar-refractivity contribution in [1.82, 2.24) is 0 Å². The van der Waals surface area contributed by atoms with Gasteiger partial charge < -0.3 is 9.47 Å². The molecule has 1 saturated carbocycles. The van der Waals surface area contributed by atoms with Gasteiger partial charge in [-0.1, -0.05) is 73.1 Å². The molecule has 1 aliphatic rings. The molecule has 0 aromatic heterocycles. The molecule has 3 heteroatoms. The number of carbonyl (C=O) groups excluding carboxylic acids is 1. The van der Waals surface area contributed by atoms with Crippen molar-refractivity contribution in [3.63, 3.8) is 0 Å². The lowest BCUT2D eigenvalue weighted by molar-refractivity contribution is -0.196. The largest absolute Gasteiger partial charge is 0.435 e. The molecule has 25 heavy (non-hydrogen) atoms. The molecule has 0 saturated heterocycles. The summed E-state index contributed by atoms with van der Waals surface area (Å²) in [4.78, 5) is 12.7. The van der Waals surface area contributed by atoms with Gasteiger partial charge >= 0.3 is 5.97 Å². The van der Waals surface area contributed by atoms with Crippen molar-refractivity contribution in [2.45, 2.75) is 112 Å². The Hall–Kier alpha value is -0.570. The molecular weight excluding hydrogens is 312 g/mol. The highest BCUT2D eigenvalue weighted by molar-refractivity contribution is 5.76. The Morgan fingerprint density at radius 3 is 2.24 bits per heavy atom. The molecule has 1 aliphatic carbocycles. The van der Waals surface area contributed by atoms with Gasteiger partial charge in [-0.2, -0.15) is 0 Å². The molecule has 0 aliphatic heterocycles. The van der Waals surface area contributed by atoms with E-state index in [1.807, 2.05) is 6.92 Å². The predicted octanol–water partition coefficient (Wildman–Crippen LogP) is 6.50.